The third-order valence-electron chi connectivity index (χ3n) is 4.61. The summed E-state index contributed by atoms with van der Waals surface area (Å²) in [7, 11) is 0. The fourth-order valence-corrected chi connectivity index (χ4v) is 3.38. The van der Waals surface area contributed by atoms with Crippen molar-refractivity contribution >= 4 is 11.6 Å². The first-order valence-corrected chi connectivity index (χ1v) is 8.58. The van der Waals surface area contributed by atoms with Gasteiger partial charge in [-0.05, 0) is 30.9 Å². The van der Waals surface area contributed by atoms with E-state index in [9.17, 15) is 0 Å². The van der Waals surface area contributed by atoms with Gasteiger partial charge < -0.3 is 9.26 Å². The molecule has 2 aliphatic rings. The minimum absolute atomic E-state index is 0.569. The number of ether oxygens (including phenoxy) is 1. The number of nitrogens with zero attached hydrogens (tertiary/aromatic N) is 3. The largest absolute Gasteiger partial charge is 0.378 e. The van der Waals surface area contributed by atoms with Crippen molar-refractivity contribution in [1.82, 2.24) is 15.0 Å². The monoisotopic (exact) mass is 333 g/mol. The van der Waals surface area contributed by atoms with E-state index in [0.29, 0.717) is 22.8 Å². The summed E-state index contributed by atoms with van der Waals surface area (Å²) in [4.78, 5) is 7.02. The van der Waals surface area contributed by atoms with Crippen molar-refractivity contribution in [3.8, 4) is 11.4 Å². The Morgan fingerprint density at radius 2 is 2.22 bits per heavy atom. The number of hydrogen-bond acceptors (Lipinski definition) is 5. The highest BCUT2D eigenvalue weighted by Crippen LogP contribution is 2.36. The Bertz CT molecular complexity index is 671. The molecule has 0 N–H and O–H groups in total. The molecule has 0 radical (unpaired) electrons. The van der Waals surface area contributed by atoms with E-state index in [2.05, 4.69) is 15.0 Å². The standard InChI is InChI=1S/C17H20ClN3O2/c18-14-3-1-2-13(10-14)17-19-16(23-20-17)6-7-21-8-9-22-11-15(21)12-4-5-12/h1-3,10,12,15H,4-9,11H2. The van der Waals surface area contributed by atoms with Crippen molar-refractivity contribution in [3.05, 3.63) is 35.2 Å². The number of aromatic nitrogens is 2. The van der Waals surface area contributed by atoms with Crippen LogP contribution < -0.4 is 0 Å². The van der Waals surface area contributed by atoms with E-state index >= 15 is 0 Å². The molecule has 23 heavy (non-hydrogen) atoms. The molecule has 0 amide bonds. The van der Waals surface area contributed by atoms with Gasteiger partial charge in [0.15, 0.2) is 0 Å². The number of rotatable bonds is 5. The van der Waals surface area contributed by atoms with Crippen LogP contribution in [0.5, 0.6) is 0 Å². The topological polar surface area (TPSA) is 51.4 Å². The number of benzene rings is 1. The minimum atomic E-state index is 0.569. The molecular weight excluding hydrogens is 314 g/mol. The van der Waals surface area contributed by atoms with E-state index < -0.39 is 0 Å². The first-order chi connectivity index (χ1) is 11.3. The molecule has 1 saturated carbocycles. The smallest absolute Gasteiger partial charge is 0.228 e. The van der Waals surface area contributed by atoms with Crippen LogP contribution in [0, 0.1) is 5.92 Å². The molecule has 4 rings (SSSR count). The van der Waals surface area contributed by atoms with Crippen LogP contribution >= 0.6 is 11.6 Å². The molecule has 122 valence electrons. The number of halogens is 1. The van der Waals surface area contributed by atoms with Crippen LogP contribution in [0.15, 0.2) is 28.8 Å². The fraction of sp³-hybridized carbons (Fsp3) is 0.529. The molecule has 0 bridgehead atoms. The maximum Gasteiger partial charge on any atom is 0.228 e. The predicted octanol–water partition coefficient (Wildman–Crippen LogP) is 3.04. The van der Waals surface area contributed by atoms with Crippen LogP contribution in [0.2, 0.25) is 5.02 Å². The molecule has 2 aromatic rings. The van der Waals surface area contributed by atoms with E-state index in [1.807, 2.05) is 24.3 Å². The number of hydrogen-bond donors (Lipinski definition) is 0. The first-order valence-electron chi connectivity index (χ1n) is 8.20. The molecule has 1 unspecified atom stereocenters. The van der Waals surface area contributed by atoms with E-state index in [-0.39, 0.29) is 0 Å². The maximum atomic E-state index is 6.01. The zero-order valence-corrected chi connectivity index (χ0v) is 13.7. The summed E-state index contributed by atoms with van der Waals surface area (Å²) in [6.45, 7) is 3.63. The summed E-state index contributed by atoms with van der Waals surface area (Å²) in [5, 5.41) is 4.75. The normalized spacial score (nSPS) is 22.4. The van der Waals surface area contributed by atoms with Gasteiger partial charge in [0.2, 0.25) is 11.7 Å². The molecule has 2 fully saturated rings. The van der Waals surface area contributed by atoms with Gasteiger partial charge in [-0.3, -0.25) is 4.90 Å². The summed E-state index contributed by atoms with van der Waals surface area (Å²) < 4.78 is 11.0. The average Bonchev–Trinajstić information content (AvgIpc) is 3.31. The van der Waals surface area contributed by atoms with Crippen molar-refractivity contribution < 1.29 is 9.26 Å². The van der Waals surface area contributed by atoms with Crippen molar-refractivity contribution in [2.24, 2.45) is 5.92 Å². The SMILES string of the molecule is Clc1cccc(-c2noc(CCN3CCOCC3C3CC3)n2)c1. The third-order valence-corrected chi connectivity index (χ3v) is 4.85. The summed E-state index contributed by atoms with van der Waals surface area (Å²) >= 11 is 6.01. The molecule has 1 atom stereocenters. The van der Waals surface area contributed by atoms with Crippen LogP contribution in [0.3, 0.4) is 0 Å². The van der Waals surface area contributed by atoms with Gasteiger partial charge in [-0.2, -0.15) is 4.98 Å². The Morgan fingerprint density at radius 1 is 1.30 bits per heavy atom. The highest BCUT2D eigenvalue weighted by molar-refractivity contribution is 6.30. The van der Waals surface area contributed by atoms with Crippen LogP contribution in [0.4, 0.5) is 0 Å². The van der Waals surface area contributed by atoms with Gasteiger partial charge in [0.1, 0.15) is 0 Å². The molecule has 1 saturated heterocycles. The second-order valence-electron chi connectivity index (χ2n) is 6.29. The van der Waals surface area contributed by atoms with E-state index in [1.54, 1.807) is 0 Å². The lowest BCUT2D eigenvalue weighted by Crippen LogP contribution is -2.47. The van der Waals surface area contributed by atoms with Crippen molar-refractivity contribution in [3.63, 3.8) is 0 Å². The van der Waals surface area contributed by atoms with Gasteiger partial charge in [-0.15, -0.1) is 0 Å². The van der Waals surface area contributed by atoms with Crippen molar-refractivity contribution in [2.45, 2.75) is 25.3 Å². The Hall–Kier alpha value is -1.43. The summed E-state index contributed by atoms with van der Waals surface area (Å²) in [5.41, 5.74) is 0.884. The Balaban J connectivity index is 1.39. The summed E-state index contributed by atoms with van der Waals surface area (Å²) in [6, 6.07) is 8.08. The third kappa shape index (κ3) is 3.57. The Labute approximate surface area is 140 Å². The van der Waals surface area contributed by atoms with Crippen LogP contribution in [-0.2, 0) is 11.2 Å². The molecule has 1 aliphatic heterocycles. The molecule has 1 aromatic heterocycles. The molecule has 5 nitrogen and oxygen atoms in total. The lowest BCUT2D eigenvalue weighted by atomic mass is 10.1. The molecule has 2 heterocycles. The Morgan fingerprint density at radius 3 is 3.04 bits per heavy atom. The van der Waals surface area contributed by atoms with E-state index in [0.717, 1.165) is 44.2 Å². The minimum Gasteiger partial charge on any atom is -0.378 e. The highest BCUT2D eigenvalue weighted by atomic mass is 35.5. The van der Waals surface area contributed by atoms with E-state index in [4.69, 9.17) is 20.9 Å². The molecule has 0 spiro atoms. The van der Waals surface area contributed by atoms with Gasteiger partial charge in [0.05, 0.1) is 13.2 Å². The van der Waals surface area contributed by atoms with E-state index in [1.165, 1.54) is 12.8 Å². The zero-order valence-electron chi connectivity index (χ0n) is 12.9. The van der Waals surface area contributed by atoms with Gasteiger partial charge in [-0.1, -0.05) is 28.9 Å². The molecule has 6 heteroatoms. The van der Waals surface area contributed by atoms with Crippen LogP contribution in [0.25, 0.3) is 11.4 Å². The second-order valence-corrected chi connectivity index (χ2v) is 6.72. The van der Waals surface area contributed by atoms with Crippen LogP contribution in [-0.4, -0.2) is 47.4 Å². The second kappa shape index (κ2) is 6.59. The molecule has 1 aromatic carbocycles. The Kier molecular flexibility index (Phi) is 4.33. The first kappa shape index (κ1) is 15.1. The quantitative estimate of drug-likeness (QED) is 0.841. The molecule has 1 aliphatic carbocycles. The maximum absolute atomic E-state index is 6.01. The average molecular weight is 334 g/mol. The summed E-state index contributed by atoms with van der Waals surface area (Å²) in [6.07, 6.45) is 3.45. The van der Waals surface area contributed by atoms with Crippen LogP contribution in [0.1, 0.15) is 18.7 Å². The lowest BCUT2D eigenvalue weighted by Gasteiger charge is -2.35. The van der Waals surface area contributed by atoms with Gasteiger partial charge in [0.25, 0.3) is 0 Å². The molecular formula is C17H20ClN3O2. The van der Waals surface area contributed by atoms with Gasteiger partial charge in [0, 0.05) is 36.1 Å². The summed E-state index contributed by atoms with van der Waals surface area (Å²) in [5.74, 6) is 2.10. The number of morpholine rings is 1. The predicted molar refractivity (Wildman–Crippen MR) is 87.4 cm³/mol. The van der Waals surface area contributed by atoms with Gasteiger partial charge >= 0.3 is 0 Å². The van der Waals surface area contributed by atoms with Gasteiger partial charge in [-0.25, -0.2) is 0 Å². The lowest BCUT2D eigenvalue weighted by molar-refractivity contribution is -0.0157. The fourth-order valence-electron chi connectivity index (χ4n) is 3.19. The zero-order chi connectivity index (χ0) is 15.6. The van der Waals surface area contributed by atoms with Crippen molar-refractivity contribution in [2.75, 3.05) is 26.3 Å². The highest BCUT2D eigenvalue weighted by Gasteiger charge is 2.36. The van der Waals surface area contributed by atoms with Crippen molar-refractivity contribution in [1.29, 1.82) is 0 Å².